The zero-order valence-electron chi connectivity index (χ0n) is 23.2. The van der Waals surface area contributed by atoms with Crippen LogP contribution in [0.25, 0.3) is 32.7 Å². The van der Waals surface area contributed by atoms with Gasteiger partial charge in [-0.3, -0.25) is 0 Å². The molecule has 5 rings (SSSR count). The molecule has 198 valence electrons. The van der Waals surface area contributed by atoms with Gasteiger partial charge in [0.1, 0.15) is 0 Å². The van der Waals surface area contributed by atoms with Crippen molar-refractivity contribution < 1.29 is 20.8 Å². The summed E-state index contributed by atoms with van der Waals surface area (Å²) in [6, 6.07) is 35.2. The molecule has 0 aliphatic heterocycles. The predicted molar refractivity (Wildman–Crippen MR) is 171 cm³/mol. The van der Waals surface area contributed by atoms with Crippen LogP contribution in [-0.4, -0.2) is 9.52 Å². The van der Waals surface area contributed by atoms with Crippen molar-refractivity contribution in [2.45, 2.75) is 65.5 Å². The molecule has 0 atom stereocenters. The zero-order valence-corrected chi connectivity index (χ0v) is 28.2. The third-order valence-corrected chi connectivity index (χ3v) is 6.35. The molecule has 0 bridgehead atoms. The molecule has 5 aromatic carbocycles. The maximum atomic E-state index is 4.93. The normalized spacial score (nSPS) is 9.95. The van der Waals surface area contributed by atoms with E-state index >= 15 is 0 Å². The zero-order chi connectivity index (χ0) is 27.6. The average Bonchev–Trinajstić information content (AvgIpc) is 3.60. The number of unbranched alkanes of at least 4 members (excludes halogenated alkanes) is 3. The molecule has 5 aromatic rings. The number of hydrogen-bond donors (Lipinski definition) is 0. The minimum atomic E-state index is -0.826. The second kappa shape index (κ2) is 19.6. The van der Waals surface area contributed by atoms with Crippen LogP contribution in [0.15, 0.2) is 97.1 Å². The van der Waals surface area contributed by atoms with Gasteiger partial charge in [-0.25, -0.2) is 0 Å². The molecule has 2 radical (unpaired) electrons. The van der Waals surface area contributed by atoms with Gasteiger partial charge >= 0.3 is 37.9 Å². The van der Waals surface area contributed by atoms with Crippen LogP contribution >= 0.6 is 17.0 Å². The number of aryl methyl sites for hydroxylation is 2. The Labute approximate surface area is 252 Å². The van der Waals surface area contributed by atoms with Crippen molar-refractivity contribution in [2.24, 2.45) is 0 Å². The van der Waals surface area contributed by atoms with Crippen LogP contribution in [-0.2, 0) is 33.7 Å². The quantitative estimate of drug-likeness (QED) is 0.0945. The molecule has 0 heterocycles. The van der Waals surface area contributed by atoms with E-state index in [9.17, 15) is 0 Å². The van der Waals surface area contributed by atoms with Gasteiger partial charge in [-0.1, -0.05) is 88.2 Å². The molecule has 0 aliphatic rings. The van der Waals surface area contributed by atoms with Gasteiger partial charge in [-0.15, -0.1) is 64.2 Å². The fourth-order valence-corrected chi connectivity index (χ4v) is 4.43. The standard InChI is InChI=1S/C23H27.C9H7.C2H6Si.2ClH.Zr/c1-3-5-6-7-9-19-12-14-20(15-13-19)22-11-8-10-21-16-18(4-2)17-23(21)22;1-2-5-9-7-3-6-8(9)4-1;1-3-2;;;/h8,10-17H,3-7,9H2,1-2H3;1-7H;1-2H3;2*1H;/q2*-1;;;;+4/p-2. The van der Waals surface area contributed by atoms with E-state index in [0.717, 1.165) is 15.9 Å². The Kier molecular flexibility index (Phi) is 16.9. The van der Waals surface area contributed by atoms with Crippen molar-refractivity contribution in [1.82, 2.24) is 0 Å². The third kappa shape index (κ3) is 11.0. The third-order valence-electron chi connectivity index (χ3n) is 6.35. The summed E-state index contributed by atoms with van der Waals surface area (Å²) in [5.74, 6) is 0. The number of rotatable bonds is 7. The van der Waals surface area contributed by atoms with Crippen LogP contribution < -0.4 is 0 Å². The van der Waals surface area contributed by atoms with E-state index in [0.29, 0.717) is 0 Å². The van der Waals surface area contributed by atoms with Crippen LogP contribution in [0.4, 0.5) is 0 Å². The van der Waals surface area contributed by atoms with Crippen LogP contribution in [0.2, 0.25) is 13.1 Å². The molecule has 38 heavy (non-hydrogen) atoms. The van der Waals surface area contributed by atoms with Crippen molar-refractivity contribution in [2.75, 3.05) is 0 Å². The van der Waals surface area contributed by atoms with Gasteiger partial charge in [-0.05, 0) is 30.4 Å². The minimum Gasteiger partial charge on any atom is -0.168 e. The summed E-state index contributed by atoms with van der Waals surface area (Å²) < 4.78 is 0. The molecule has 0 amide bonds. The first-order chi connectivity index (χ1) is 18.6. The van der Waals surface area contributed by atoms with Crippen LogP contribution in [0, 0.1) is 0 Å². The Morgan fingerprint density at radius 2 is 1.47 bits per heavy atom. The summed E-state index contributed by atoms with van der Waals surface area (Å²) in [7, 11) is 11.0. The second-order valence-corrected chi connectivity index (χ2v) is 14.0. The second-order valence-electron chi connectivity index (χ2n) is 9.26. The topological polar surface area (TPSA) is 0 Å². The first-order valence-electron chi connectivity index (χ1n) is 13.5. The minimum absolute atomic E-state index is 0.826. The predicted octanol–water partition coefficient (Wildman–Crippen LogP) is 11.6. The summed E-state index contributed by atoms with van der Waals surface area (Å²) in [4.78, 5) is 0. The molecule has 0 aliphatic carbocycles. The maximum absolute atomic E-state index is 4.93. The maximum Gasteiger partial charge on any atom is -0.0809 e. The molecule has 4 heteroatoms. The SMILES string of the molecule is CCCCCCc1ccc(-c2cccc3[cH-]c(CC)cc23)cc1.C[Si]C.[Cl][Zr+2][Cl].c1ccc2[cH-]ccc2c1. The molecule has 0 fully saturated rings. The molecule has 0 spiro atoms. The Hall–Kier alpha value is -1.44. The van der Waals surface area contributed by atoms with Gasteiger partial charge in [-0.2, -0.15) is 23.6 Å². The van der Waals surface area contributed by atoms with Gasteiger partial charge in [0, 0.05) is 9.52 Å². The molecule has 0 saturated carbocycles. The van der Waals surface area contributed by atoms with E-state index in [-0.39, 0.29) is 0 Å². The largest absolute Gasteiger partial charge is 0.168 e. The average molecular weight is 639 g/mol. The molecular weight excluding hydrogens is 599 g/mol. The van der Waals surface area contributed by atoms with Crippen LogP contribution in [0.1, 0.15) is 50.7 Å². The Morgan fingerprint density at radius 1 is 0.789 bits per heavy atom. The Morgan fingerprint density at radius 3 is 2.13 bits per heavy atom. The van der Waals surface area contributed by atoms with Crippen molar-refractivity contribution in [3.63, 3.8) is 0 Å². The van der Waals surface area contributed by atoms with Gasteiger partial charge in [0.05, 0.1) is 0 Å². The summed E-state index contributed by atoms with van der Waals surface area (Å²) in [6.45, 7) is 8.80. The molecule has 0 N–H and O–H groups in total. The van der Waals surface area contributed by atoms with Gasteiger partial charge in [0.15, 0.2) is 0 Å². The molecule has 0 nitrogen and oxygen atoms in total. The summed E-state index contributed by atoms with van der Waals surface area (Å²) in [5.41, 5.74) is 5.59. The first-order valence-corrected chi connectivity index (χ1v) is 21.9. The monoisotopic (exact) mass is 636 g/mol. The number of hydrogen-bond acceptors (Lipinski definition) is 0. The van der Waals surface area contributed by atoms with Crippen molar-refractivity contribution >= 4 is 48.1 Å². The molecule has 0 aromatic heterocycles. The van der Waals surface area contributed by atoms with Gasteiger partial charge in [0.2, 0.25) is 0 Å². The molecule has 0 saturated heterocycles. The van der Waals surface area contributed by atoms with Gasteiger partial charge in [0.25, 0.3) is 0 Å². The summed E-state index contributed by atoms with van der Waals surface area (Å²) in [5, 5.41) is 5.41. The van der Waals surface area contributed by atoms with E-state index < -0.39 is 20.8 Å². The van der Waals surface area contributed by atoms with Crippen LogP contribution in [0.3, 0.4) is 0 Å². The summed E-state index contributed by atoms with van der Waals surface area (Å²) >= 11 is -0.826. The first kappa shape index (κ1) is 32.8. The van der Waals surface area contributed by atoms with E-state index in [2.05, 4.69) is 124 Å². The van der Waals surface area contributed by atoms with Crippen molar-refractivity contribution in [3.05, 3.63) is 108 Å². The van der Waals surface area contributed by atoms with Crippen molar-refractivity contribution in [3.8, 4) is 11.1 Å². The van der Waals surface area contributed by atoms with Gasteiger partial charge < -0.3 is 0 Å². The summed E-state index contributed by atoms with van der Waals surface area (Å²) in [6.07, 6.45) is 7.64. The molecule has 0 unspecified atom stereocenters. The fraction of sp³-hybridized carbons (Fsp3) is 0.294. The van der Waals surface area contributed by atoms with Crippen molar-refractivity contribution in [1.29, 1.82) is 0 Å². The number of fused-ring (bicyclic) bond motifs is 2. The number of benzene rings is 3. The van der Waals surface area contributed by atoms with E-state index in [1.165, 1.54) is 75.9 Å². The molecular formula is C34H40Cl2SiZr. The smallest absolute Gasteiger partial charge is 0.0809 e. The Bertz CT molecular complexity index is 1250. The van der Waals surface area contributed by atoms with E-state index in [1.54, 1.807) is 0 Å². The fourth-order valence-electron chi connectivity index (χ4n) is 4.43. The van der Waals surface area contributed by atoms with E-state index in [1.807, 2.05) is 0 Å². The van der Waals surface area contributed by atoms with Crippen LogP contribution in [0.5, 0.6) is 0 Å². The van der Waals surface area contributed by atoms with E-state index in [4.69, 9.17) is 17.0 Å². The number of halogens is 2. The Balaban J connectivity index is 0.000000276.